The first-order chi connectivity index (χ1) is 19.1. The summed E-state index contributed by atoms with van der Waals surface area (Å²) in [5.41, 5.74) is 10.8. The molecule has 4 fully saturated rings. The lowest BCUT2D eigenvalue weighted by Gasteiger charge is -2.27. The van der Waals surface area contributed by atoms with Gasteiger partial charge in [0.05, 0.1) is 31.0 Å². The number of hydrogen-bond acceptors (Lipinski definition) is 6. The number of hydrogen-bond donors (Lipinski definition) is 1. The third kappa shape index (κ3) is 3.63. The van der Waals surface area contributed by atoms with Crippen LogP contribution in [0.4, 0.5) is 0 Å². The van der Waals surface area contributed by atoms with Gasteiger partial charge in [0.15, 0.2) is 5.82 Å². The van der Waals surface area contributed by atoms with Crippen LogP contribution in [-0.4, -0.2) is 68.9 Å². The molecule has 0 spiro atoms. The van der Waals surface area contributed by atoms with E-state index in [9.17, 15) is 4.79 Å². The zero-order valence-corrected chi connectivity index (χ0v) is 22.3. The molecule has 2 aliphatic carbocycles. The molecule has 5 heterocycles. The minimum Gasteiger partial charge on any atom is -0.494 e. The second kappa shape index (κ2) is 8.79. The first-order valence-electron chi connectivity index (χ1n) is 14.3. The number of nitrogens with zero attached hydrogens (tertiary/aromatic N) is 5. The van der Waals surface area contributed by atoms with Crippen molar-refractivity contribution in [3.63, 3.8) is 0 Å². The Morgan fingerprint density at radius 2 is 2.08 bits per heavy atom. The minimum absolute atomic E-state index is 0.0187. The van der Waals surface area contributed by atoms with Crippen LogP contribution in [0.5, 0.6) is 5.75 Å². The highest BCUT2D eigenvalue weighted by Crippen LogP contribution is 2.42. The van der Waals surface area contributed by atoms with Crippen molar-refractivity contribution in [1.29, 1.82) is 0 Å². The number of carbonyl (C=O) groups is 1. The maximum Gasteiger partial charge on any atom is 0.254 e. The zero-order chi connectivity index (χ0) is 26.2. The lowest BCUT2D eigenvalue weighted by atomic mass is 10.1. The Morgan fingerprint density at radius 3 is 2.79 bits per heavy atom. The van der Waals surface area contributed by atoms with Crippen molar-refractivity contribution >= 4 is 28.0 Å². The highest BCUT2D eigenvalue weighted by Gasteiger charge is 2.47. The van der Waals surface area contributed by atoms with Crippen LogP contribution >= 0.6 is 0 Å². The smallest absolute Gasteiger partial charge is 0.254 e. The van der Waals surface area contributed by atoms with Crippen molar-refractivity contribution in [2.75, 3.05) is 26.9 Å². The summed E-state index contributed by atoms with van der Waals surface area (Å²) in [7, 11) is 1.67. The molecule has 2 aliphatic heterocycles. The van der Waals surface area contributed by atoms with Gasteiger partial charge < -0.3 is 29.2 Å². The van der Waals surface area contributed by atoms with E-state index in [1.54, 1.807) is 7.11 Å². The number of fused-ring (bicyclic) bond motifs is 4. The van der Waals surface area contributed by atoms with Crippen LogP contribution in [0.15, 0.2) is 36.5 Å². The molecule has 3 aromatic heterocycles. The van der Waals surface area contributed by atoms with Crippen LogP contribution in [0, 0.1) is 11.8 Å². The molecule has 2 saturated carbocycles. The van der Waals surface area contributed by atoms with Gasteiger partial charge in [-0.25, -0.2) is 9.97 Å². The van der Waals surface area contributed by atoms with Gasteiger partial charge in [0.1, 0.15) is 16.9 Å². The molecule has 202 valence electrons. The van der Waals surface area contributed by atoms with E-state index in [2.05, 4.69) is 21.3 Å². The summed E-state index contributed by atoms with van der Waals surface area (Å²) in [6.45, 7) is 3.00. The molecule has 4 aromatic rings. The number of rotatable bonds is 6. The number of methoxy groups -OCH3 is 1. The number of piperidine rings is 1. The van der Waals surface area contributed by atoms with E-state index in [0.29, 0.717) is 36.4 Å². The number of likely N-dealkylation sites (tertiary alicyclic amines) is 1. The quantitative estimate of drug-likeness (QED) is 0.408. The summed E-state index contributed by atoms with van der Waals surface area (Å²) in [5.74, 6) is 2.64. The molecule has 4 aliphatic rings. The van der Waals surface area contributed by atoms with Gasteiger partial charge in [-0.3, -0.25) is 4.79 Å². The van der Waals surface area contributed by atoms with Crippen LogP contribution in [0.2, 0.25) is 0 Å². The van der Waals surface area contributed by atoms with Crippen LogP contribution in [0.3, 0.4) is 0 Å². The Balaban J connectivity index is 1.31. The van der Waals surface area contributed by atoms with Crippen molar-refractivity contribution in [3.8, 4) is 17.3 Å². The summed E-state index contributed by atoms with van der Waals surface area (Å²) >= 11 is 0. The fourth-order valence-electron chi connectivity index (χ4n) is 7.20. The third-order valence-corrected chi connectivity index (χ3v) is 9.42. The van der Waals surface area contributed by atoms with Gasteiger partial charge in [-0.1, -0.05) is 0 Å². The van der Waals surface area contributed by atoms with Crippen molar-refractivity contribution in [1.82, 2.24) is 24.0 Å². The van der Waals surface area contributed by atoms with Crippen molar-refractivity contribution in [2.45, 2.75) is 56.8 Å². The van der Waals surface area contributed by atoms with Gasteiger partial charge in [0.2, 0.25) is 0 Å². The van der Waals surface area contributed by atoms with Gasteiger partial charge in [-0.05, 0) is 74.3 Å². The first kappa shape index (κ1) is 23.5. The Hall–Kier alpha value is -3.43. The summed E-state index contributed by atoms with van der Waals surface area (Å²) in [6.07, 6.45) is 7.36. The average molecular weight is 527 g/mol. The van der Waals surface area contributed by atoms with Crippen LogP contribution in [0.1, 0.15) is 48.5 Å². The summed E-state index contributed by atoms with van der Waals surface area (Å²) < 4.78 is 16.4. The molecule has 1 amide bonds. The maximum atomic E-state index is 13.8. The molecule has 8 rings (SSSR count). The topological polar surface area (TPSA) is 100 Å². The fourth-order valence-corrected chi connectivity index (χ4v) is 7.20. The van der Waals surface area contributed by atoms with Crippen molar-refractivity contribution in [2.24, 2.45) is 17.6 Å². The monoisotopic (exact) mass is 526 g/mol. The lowest BCUT2D eigenvalue weighted by Crippen LogP contribution is -2.41. The molecule has 1 aromatic carbocycles. The number of ether oxygens (including phenoxy) is 2. The van der Waals surface area contributed by atoms with Crippen LogP contribution in [0.25, 0.3) is 33.6 Å². The molecule has 2 N–H and O–H groups in total. The van der Waals surface area contributed by atoms with Gasteiger partial charge >= 0.3 is 0 Å². The Bertz CT molecular complexity index is 1600. The second-order valence-corrected chi connectivity index (χ2v) is 11.8. The van der Waals surface area contributed by atoms with Crippen LogP contribution in [-0.2, 0) is 11.3 Å². The van der Waals surface area contributed by atoms with E-state index in [0.717, 1.165) is 65.9 Å². The predicted molar refractivity (Wildman–Crippen MR) is 148 cm³/mol. The lowest BCUT2D eigenvalue weighted by molar-refractivity contribution is 0.0700. The molecule has 9 nitrogen and oxygen atoms in total. The summed E-state index contributed by atoms with van der Waals surface area (Å²) in [6, 6.07) is 10.5. The van der Waals surface area contributed by atoms with Gasteiger partial charge in [-0.15, -0.1) is 0 Å². The Morgan fingerprint density at radius 1 is 1.18 bits per heavy atom. The van der Waals surface area contributed by atoms with Gasteiger partial charge in [-0.2, -0.15) is 0 Å². The molecular weight excluding hydrogens is 492 g/mol. The largest absolute Gasteiger partial charge is 0.494 e. The van der Waals surface area contributed by atoms with E-state index in [4.69, 9.17) is 25.2 Å². The second-order valence-electron chi connectivity index (χ2n) is 11.8. The Labute approximate surface area is 226 Å². The molecule has 2 bridgehead atoms. The highest BCUT2D eigenvalue weighted by molar-refractivity contribution is 6.00. The van der Waals surface area contributed by atoms with E-state index in [1.165, 1.54) is 12.8 Å². The predicted octanol–water partition coefficient (Wildman–Crippen LogP) is 3.99. The molecule has 9 heteroatoms. The van der Waals surface area contributed by atoms with E-state index in [-0.39, 0.29) is 24.0 Å². The summed E-state index contributed by atoms with van der Waals surface area (Å²) in [5, 5.41) is 1.11. The summed E-state index contributed by atoms with van der Waals surface area (Å²) in [4.78, 5) is 25.7. The van der Waals surface area contributed by atoms with Crippen LogP contribution < -0.4 is 10.5 Å². The van der Waals surface area contributed by atoms with Gasteiger partial charge in [0.25, 0.3) is 5.91 Å². The molecule has 39 heavy (non-hydrogen) atoms. The number of pyridine rings is 1. The third-order valence-electron chi connectivity index (χ3n) is 9.42. The molecule has 0 radical (unpaired) electrons. The van der Waals surface area contributed by atoms with E-state index >= 15 is 0 Å². The fraction of sp³-hybridized carbons (Fsp3) is 0.500. The van der Waals surface area contributed by atoms with E-state index in [1.807, 2.05) is 29.3 Å². The molecule has 2 saturated heterocycles. The normalized spacial score (nSPS) is 26.4. The number of carbonyl (C=O) groups excluding carboxylic acids is 1. The number of aromatic nitrogens is 4. The number of imidazole rings is 1. The number of amides is 1. The van der Waals surface area contributed by atoms with Crippen molar-refractivity contribution in [3.05, 3.63) is 42.1 Å². The number of nitrogens with two attached hydrogens (primary N) is 1. The van der Waals surface area contributed by atoms with E-state index < -0.39 is 0 Å². The molecule has 4 atom stereocenters. The standard InChI is InChI=1S/C30H34N6O3/c1-38-25-13-20(30(37)35-15-19-6-7-23(35)26(19)31)11-22-27(25)36(21-8-10-39-16-21)29(33-22)24-12-18-3-2-9-32-28(18)34(24)14-17-4-5-17/h2-3,9,11-13,17,19,21,23,26H,4-8,10,14-16,31H2,1H3/t19-,21?,23-,26-/m1/s1. The minimum atomic E-state index is 0.0187. The highest BCUT2D eigenvalue weighted by atomic mass is 16.5. The molecule has 1 unspecified atom stereocenters. The zero-order valence-electron chi connectivity index (χ0n) is 22.3. The average Bonchev–Trinajstić information content (AvgIpc) is 3.36. The van der Waals surface area contributed by atoms with Crippen molar-refractivity contribution < 1.29 is 14.3 Å². The maximum absolute atomic E-state index is 13.8. The SMILES string of the molecule is COc1cc(C(=O)N2C[C@H]3CC[C@@H]2[C@@H]3N)cc2nc(-c3cc4cccnc4n3CC3CC3)n(C3CCOC3)c12. The Kier molecular flexibility index (Phi) is 5.29. The number of benzene rings is 1. The van der Waals surface area contributed by atoms with Gasteiger partial charge in [0, 0.05) is 48.9 Å². The first-order valence-corrected chi connectivity index (χ1v) is 14.3. The molecular formula is C30H34N6O3.